The molecule has 0 fully saturated rings. The Balaban J connectivity index is 1.82. The van der Waals surface area contributed by atoms with Gasteiger partial charge in [0.05, 0.1) is 18.9 Å². The van der Waals surface area contributed by atoms with Crippen molar-refractivity contribution in [2.75, 3.05) is 26.5 Å². The Labute approximate surface area is 172 Å². The van der Waals surface area contributed by atoms with Crippen molar-refractivity contribution in [3.63, 3.8) is 0 Å². The minimum absolute atomic E-state index is 0.107. The molecule has 0 saturated heterocycles. The molecular weight excluding hydrogens is 392 g/mol. The Morgan fingerprint density at radius 3 is 2.14 bits per heavy atom. The molecule has 0 spiro atoms. The van der Waals surface area contributed by atoms with Crippen molar-refractivity contribution in [1.82, 2.24) is 9.62 Å². The first-order valence-corrected chi connectivity index (χ1v) is 11.2. The number of carbonyl (C=O) groups excluding carboxylic acids is 1. The predicted molar refractivity (Wildman–Crippen MR) is 112 cm³/mol. The number of nitrogens with one attached hydrogen (secondary N) is 1. The van der Waals surface area contributed by atoms with Crippen LogP contribution in [-0.4, -0.2) is 45.1 Å². The van der Waals surface area contributed by atoms with Crippen molar-refractivity contribution in [1.29, 1.82) is 0 Å². The quantitative estimate of drug-likeness (QED) is 0.639. The van der Waals surface area contributed by atoms with E-state index in [9.17, 15) is 13.2 Å². The fourth-order valence-electron chi connectivity index (χ4n) is 2.60. The van der Waals surface area contributed by atoms with Crippen LogP contribution >= 0.6 is 0 Å². The van der Waals surface area contributed by atoms with E-state index in [0.717, 1.165) is 23.1 Å². The second-order valence-corrected chi connectivity index (χ2v) is 8.83. The molecule has 0 aromatic heterocycles. The third-order valence-corrected chi connectivity index (χ3v) is 5.59. The lowest BCUT2D eigenvalue weighted by atomic mass is 10.1. The van der Waals surface area contributed by atoms with Gasteiger partial charge in [0.1, 0.15) is 11.5 Å². The summed E-state index contributed by atoms with van der Waals surface area (Å²) in [4.78, 5) is 12.2. The second-order valence-electron chi connectivity index (χ2n) is 6.74. The van der Waals surface area contributed by atoms with Gasteiger partial charge in [0, 0.05) is 13.6 Å². The molecule has 0 unspecified atom stereocenters. The monoisotopic (exact) mass is 420 g/mol. The lowest BCUT2D eigenvalue weighted by molar-refractivity contribution is -0.123. The fourth-order valence-corrected chi connectivity index (χ4v) is 2.98. The summed E-state index contributed by atoms with van der Waals surface area (Å²) in [6, 6.07) is 14.4. The molecule has 1 N–H and O–H groups in total. The van der Waals surface area contributed by atoms with Gasteiger partial charge in [-0.05, 0) is 49.2 Å². The molecule has 7 nitrogen and oxygen atoms in total. The average molecular weight is 421 g/mol. The minimum Gasteiger partial charge on any atom is -0.494 e. The van der Waals surface area contributed by atoms with Gasteiger partial charge < -0.3 is 14.8 Å². The molecule has 158 valence electrons. The number of rotatable bonds is 10. The minimum atomic E-state index is -3.23. The standard InChI is InChI=1S/C21H28N2O5S/c1-5-27-19-12-8-18(9-13-19)16(2)22-21(24)15-28-20-10-6-17(7-11-20)14-23(3)29(4,25)26/h6-13,16H,5,14-15H2,1-4H3,(H,22,24)/t16-/m1/s1. The lowest BCUT2D eigenvalue weighted by Gasteiger charge is -2.16. The SMILES string of the molecule is CCOc1ccc([C@@H](C)NC(=O)COc2ccc(CN(C)S(C)(=O)=O)cc2)cc1. The number of sulfonamides is 1. The zero-order valence-corrected chi connectivity index (χ0v) is 18.0. The van der Waals surface area contributed by atoms with Gasteiger partial charge in [-0.25, -0.2) is 12.7 Å². The van der Waals surface area contributed by atoms with E-state index in [1.807, 2.05) is 38.1 Å². The molecule has 2 rings (SSSR count). The Morgan fingerprint density at radius 1 is 1.03 bits per heavy atom. The molecule has 1 atom stereocenters. The highest BCUT2D eigenvalue weighted by Crippen LogP contribution is 2.18. The normalized spacial score (nSPS) is 12.4. The molecular formula is C21H28N2O5S. The van der Waals surface area contributed by atoms with Crippen LogP contribution in [-0.2, 0) is 21.4 Å². The number of amides is 1. The van der Waals surface area contributed by atoms with Crippen molar-refractivity contribution in [3.8, 4) is 11.5 Å². The molecule has 2 aromatic carbocycles. The second kappa shape index (κ2) is 10.3. The van der Waals surface area contributed by atoms with Crippen LogP contribution < -0.4 is 14.8 Å². The summed E-state index contributed by atoms with van der Waals surface area (Å²) in [7, 11) is -1.71. The molecule has 0 radical (unpaired) electrons. The molecule has 1 amide bonds. The Bertz CT molecular complexity index is 896. The fraction of sp³-hybridized carbons (Fsp3) is 0.381. The van der Waals surface area contributed by atoms with E-state index >= 15 is 0 Å². The molecule has 2 aromatic rings. The van der Waals surface area contributed by atoms with Crippen LogP contribution in [0.15, 0.2) is 48.5 Å². The summed E-state index contributed by atoms with van der Waals surface area (Å²) in [6.07, 6.45) is 1.16. The van der Waals surface area contributed by atoms with Gasteiger partial charge in [-0.3, -0.25) is 4.79 Å². The maximum absolute atomic E-state index is 12.2. The van der Waals surface area contributed by atoms with Crippen LogP contribution in [0.25, 0.3) is 0 Å². The molecule has 0 aliphatic heterocycles. The van der Waals surface area contributed by atoms with Gasteiger partial charge in [-0.2, -0.15) is 0 Å². The van der Waals surface area contributed by atoms with Gasteiger partial charge in [0.2, 0.25) is 10.0 Å². The van der Waals surface area contributed by atoms with Gasteiger partial charge >= 0.3 is 0 Å². The molecule has 0 bridgehead atoms. The Hall–Kier alpha value is -2.58. The average Bonchev–Trinajstić information content (AvgIpc) is 2.67. The topological polar surface area (TPSA) is 84.9 Å². The zero-order chi connectivity index (χ0) is 21.4. The van der Waals surface area contributed by atoms with Gasteiger partial charge in [-0.1, -0.05) is 24.3 Å². The van der Waals surface area contributed by atoms with Crippen molar-refractivity contribution < 1.29 is 22.7 Å². The summed E-state index contributed by atoms with van der Waals surface area (Å²) in [5.74, 6) is 1.11. The number of nitrogens with zero attached hydrogens (tertiary/aromatic N) is 1. The van der Waals surface area contributed by atoms with Gasteiger partial charge in [0.15, 0.2) is 6.61 Å². The van der Waals surface area contributed by atoms with Crippen LogP contribution in [0.5, 0.6) is 11.5 Å². The highest BCUT2D eigenvalue weighted by atomic mass is 32.2. The summed E-state index contributed by atoms with van der Waals surface area (Å²) in [6.45, 7) is 4.61. The smallest absolute Gasteiger partial charge is 0.258 e. The lowest BCUT2D eigenvalue weighted by Crippen LogP contribution is -2.31. The Kier molecular flexibility index (Phi) is 8.04. The van der Waals surface area contributed by atoms with Crippen LogP contribution in [0, 0.1) is 0 Å². The van der Waals surface area contributed by atoms with Crippen LogP contribution in [0.3, 0.4) is 0 Å². The number of benzene rings is 2. The number of ether oxygens (including phenoxy) is 2. The van der Waals surface area contributed by atoms with E-state index in [4.69, 9.17) is 9.47 Å². The summed E-state index contributed by atoms with van der Waals surface area (Å²) in [5.41, 5.74) is 1.81. The van der Waals surface area contributed by atoms with E-state index in [2.05, 4.69) is 5.32 Å². The van der Waals surface area contributed by atoms with Crippen molar-refractivity contribution in [2.24, 2.45) is 0 Å². The van der Waals surface area contributed by atoms with Crippen LogP contribution in [0.1, 0.15) is 31.0 Å². The predicted octanol–water partition coefficient (Wildman–Crippen LogP) is 2.73. The van der Waals surface area contributed by atoms with Gasteiger partial charge in [0.25, 0.3) is 5.91 Å². The summed E-state index contributed by atoms with van der Waals surface area (Å²) < 4.78 is 35.1. The first-order chi connectivity index (χ1) is 13.7. The highest BCUT2D eigenvalue weighted by Gasteiger charge is 2.12. The largest absolute Gasteiger partial charge is 0.494 e. The van der Waals surface area contributed by atoms with Crippen molar-refractivity contribution in [3.05, 3.63) is 59.7 Å². The van der Waals surface area contributed by atoms with E-state index in [-0.39, 0.29) is 25.1 Å². The number of hydrogen-bond donors (Lipinski definition) is 1. The molecule has 29 heavy (non-hydrogen) atoms. The van der Waals surface area contributed by atoms with Crippen molar-refractivity contribution >= 4 is 15.9 Å². The van der Waals surface area contributed by atoms with Crippen LogP contribution in [0.2, 0.25) is 0 Å². The van der Waals surface area contributed by atoms with E-state index in [1.165, 1.54) is 11.4 Å². The third-order valence-electron chi connectivity index (χ3n) is 4.33. The zero-order valence-electron chi connectivity index (χ0n) is 17.2. The molecule has 0 aliphatic rings. The highest BCUT2D eigenvalue weighted by molar-refractivity contribution is 7.88. The molecule has 8 heteroatoms. The van der Waals surface area contributed by atoms with E-state index in [0.29, 0.717) is 12.4 Å². The van der Waals surface area contributed by atoms with Crippen molar-refractivity contribution in [2.45, 2.75) is 26.4 Å². The van der Waals surface area contributed by atoms with Crippen LogP contribution in [0.4, 0.5) is 0 Å². The molecule has 0 aliphatic carbocycles. The maximum atomic E-state index is 12.2. The third kappa shape index (κ3) is 7.40. The number of carbonyl (C=O) groups is 1. The number of hydrogen-bond acceptors (Lipinski definition) is 5. The maximum Gasteiger partial charge on any atom is 0.258 e. The Morgan fingerprint density at radius 2 is 1.59 bits per heavy atom. The van der Waals surface area contributed by atoms with E-state index in [1.54, 1.807) is 24.3 Å². The van der Waals surface area contributed by atoms with E-state index < -0.39 is 10.0 Å². The first-order valence-electron chi connectivity index (χ1n) is 9.34. The van der Waals surface area contributed by atoms with Gasteiger partial charge in [-0.15, -0.1) is 0 Å². The summed E-state index contributed by atoms with van der Waals surface area (Å²) >= 11 is 0. The summed E-state index contributed by atoms with van der Waals surface area (Å²) in [5, 5.41) is 2.89. The first kappa shape index (κ1) is 22.7. The molecule has 0 heterocycles. The molecule has 0 saturated carbocycles.